The zero-order chi connectivity index (χ0) is 20.5. The maximum atomic E-state index is 5.92. The fourth-order valence-corrected chi connectivity index (χ4v) is 5.37. The van der Waals surface area contributed by atoms with E-state index in [9.17, 15) is 0 Å². The van der Waals surface area contributed by atoms with Crippen LogP contribution in [0.1, 0.15) is 16.3 Å². The van der Waals surface area contributed by atoms with Crippen molar-refractivity contribution >= 4 is 33.3 Å². The van der Waals surface area contributed by atoms with Crippen molar-refractivity contribution in [3.8, 4) is 11.5 Å². The third-order valence-corrected chi connectivity index (χ3v) is 7.05. The van der Waals surface area contributed by atoms with Crippen molar-refractivity contribution in [1.29, 1.82) is 0 Å². The topological polar surface area (TPSA) is 77.2 Å². The molecule has 0 atom stereocenters. The molecule has 7 nitrogen and oxygen atoms in total. The third-order valence-electron chi connectivity index (χ3n) is 5.12. The van der Waals surface area contributed by atoms with Crippen molar-refractivity contribution in [1.82, 2.24) is 25.1 Å². The Balaban J connectivity index is 1.48. The van der Waals surface area contributed by atoms with Gasteiger partial charge in [-0.25, -0.2) is 9.97 Å². The molecule has 4 heterocycles. The summed E-state index contributed by atoms with van der Waals surface area (Å²) in [5, 5.41) is 10.9. The van der Waals surface area contributed by atoms with E-state index >= 15 is 0 Å². The standard InChI is InChI=1S/C21H21N5O2S2/c1-13-14(2)29-19-17(13)20(23-16(22-19)12-26-8-10-27-11-9-26)30-21-25-24-18(28-21)15-6-4-3-5-7-15/h3-7H,8-12H2,1-2H3. The van der Waals surface area contributed by atoms with Crippen LogP contribution in [0.3, 0.4) is 0 Å². The molecule has 0 bridgehead atoms. The number of rotatable bonds is 5. The Morgan fingerprint density at radius 2 is 1.87 bits per heavy atom. The summed E-state index contributed by atoms with van der Waals surface area (Å²) in [4.78, 5) is 14.3. The molecule has 1 aliphatic heterocycles. The number of fused-ring (bicyclic) bond motifs is 1. The number of hydrogen-bond donors (Lipinski definition) is 0. The van der Waals surface area contributed by atoms with E-state index in [1.807, 2.05) is 30.3 Å². The first-order chi connectivity index (χ1) is 14.7. The van der Waals surface area contributed by atoms with Gasteiger partial charge in [0, 0.05) is 28.9 Å². The second-order valence-electron chi connectivity index (χ2n) is 7.14. The van der Waals surface area contributed by atoms with Crippen LogP contribution in [0.4, 0.5) is 0 Å². The fourth-order valence-electron chi connectivity index (χ4n) is 3.39. The predicted molar refractivity (Wildman–Crippen MR) is 117 cm³/mol. The normalized spacial score (nSPS) is 15.1. The molecule has 1 aromatic carbocycles. The minimum Gasteiger partial charge on any atom is -0.411 e. The van der Waals surface area contributed by atoms with Crippen LogP contribution >= 0.6 is 23.1 Å². The van der Waals surface area contributed by atoms with Gasteiger partial charge < -0.3 is 9.15 Å². The van der Waals surface area contributed by atoms with Crippen LogP contribution in [0.25, 0.3) is 21.7 Å². The van der Waals surface area contributed by atoms with E-state index in [-0.39, 0.29) is 0 Å². The summed E-state index contributed by atoms with van der Waals surface area (Å²) in [7, 11) is 0. The van der Waals surface area contributed by atoms with E-state index in [1.165, 1.54) is 22.2 Å². The van der Waals surface area contributed by atoms with Crippen LogP contribution in [-0.2, 0) is 11.3 Å². The number of morpholine rings is 1. The maximum absolute atomic E-state index is 5.92. The summed E-state index contributed by atoms with van der Waals surface area (Å²) in [5.74, 6) is 1.33. The first kappa shape index (κ1) is 19.6. The SMILES string of the molecule is Cc1sc2nc(CN3CCOCC3)nc(Sc3nnc(-c4ccccc4)o3)c2c1C. The maximum Gasteiger partial charge on any atom is 0.283 e. The van der Waals surface area contributed by atoms with Gasteiger partial charge in [-0.05, 0) is 43.3 Å². The molecule has 4 aromatic rings. The number of hydrogen-bond acceptors (Lipinski definition) is 9. The summed E-state index contributed by atoms with van der Waals surface area (Å²) in [6.45, 7) is 8.26. The molecule has 30 heavy (non-hydrogen) atoms. The molecule has 0 spiro atoms. The van der Waals surface area contributed by atoms with Crippen LogP contribution in [0, 0.1) is 13.8 Å². The van der Waals surface area contributed by atoms with Gasteiger partial charge in [0.15, 0.2) is 0 Å². The molecule has 0 radical (unpaired) electrons. The van der Waals surface area contributed by atoms with E-state index in [4.69, 9.17) is 19.1 Å². The molecule has 1 aliphatic rings. The monoisotopic (exact) mass is 439 g/mol. The molecule has 9 heteroatoms. The second kappa shape index (κ2) is 8.43. The van der Waals surface area contributed by atoms with Crippen LogP contribution in [0.2, 0.25) is 0 Å². The van der Waals surface area contributed by atoms with Crippen molar-refractivity contribution in [3.05, 3.63) is 46.6 Å². The highest BCUT2D eigenvalue weighted by Crippen LogP contribution is 2.38. The van der Waals surface area contributed by atoms with Gasteiger partial charge in [-0.15, -0.1) is 21.5 Å². The Bertz CT molecular complexity index is 1170. The predicted octanol–water partition coefficient (Wildman–Crippen LogP) is 4.34. The molecule has 154 valence electrons. The van der Waals surface area contributed by atoms with Crippen LogP contribution < -0.4 is 0 Å². The number of benzene rings is 1. The molecule has 0 N–H and O–H groups in total. The third kappa shape index (κ3) is 3.98. The van der Waals surface area contributed by atoms with Crippen LogP contribution in [0.5, 0.6) is 0 Å². The Hall–Kier alpha value is -2.33. The molecule has 5 rings (SSSR count). The Kier molecular flexibility index (Phi) is 5.51. The van der Waals surface area contributed by atoms with E-state index in [2.05, 4.69) is 28.9 Å². The lowest BCUT2D eigenvalue weighted by Gasteiger charge is -2.25. The molecule has 0 unspecified atom stereocenters. The lowest BCUT2D eigenvalue weighted by molar-refractivity contribution is 0.0330. The molecule has 0 aliphatic carbocycles. The van der Waals surface area contributed by atoms with Crippen LogP contribution in [-0.4, -0.2) is 51.4 Å². The first-order valence-electron chi connectivity index (χ1n) is 9.81. The zero-order valence-corrected chi connectivity index (χ0v) is 18.4. The summed E-state index contributed by atoms with van der Waals surface area (Å²) < 4.78 is 11.4. The lowest BCUT2D eigenvalue weighted by Crippen LogP contribution is -2.36. The lowest BCUT2D eigenvalue weighted by atomic mass is 10.2. The van der Waals surface area contributed by atoms with Crippen molar-refractivity contribution in [2.75, 3.05) is 26.3 Å². The van der Waals surface area contributed by atoms with Gasteiger partial charge in [0.2, 0.25) is 5.89 Å². The largest absolute Gasteiger partial charge is 0.411 e. The molecule has 3 aromatic heterocycles. The zero-order valence-electron chi connectivity index (χ0n) is 16.8. The van der Waals surface area contributed by atoms with Gasteiger partial charge in [0.25, 0.3) is 5.22 Å². The molecular weight excluding hydrogens is 418 g/mol. The quantitative estimate of drug-likeness (QED) is 0.425. The van der Waals surface area contributed by atoms with Crippen molar-refractivity contribution in [2.45, 2.75) is 30.6 Å². The summed E-state index contributed by atoms with van der Waals surface area (Å²) in [6.07, 6.45) is 0. The molecule has 1 fully saturated rings. The minimum absolute atomic E-state index is 0.481. The molecule has 0 saturated carbocycles. The Morgan fingerprint density at radius 1 is 1.07 bits per heavy atom. The van der Waals surface area contributed by atoms with E-state index in [1.54, 1.807) is 11.3 Å². The first-order valence-corrected chi connectivity index (χ1v) is 11.4. The van der Waals surface area contributed by atoms with Gasteiger partial charge >= 0.3 is 0 Å². The smallest absolute Gasteiger partial charge is 0.283 e. The highest BCUT2D eigenvalue weighted by Gasteiger charge is 2.20. The summed E-state index contributed by atoms with van der Waals surface area (Å²) in [5.41, 5.74) is 2.11. The molecule has 1 saturated heterocycles. The van der Waals surface area contributed by atoms with Crippen molar-refractivity contribution in [3.63, 3.8) is 0 Å². The van der Waals surface area contributed by atoms with Gasteiger partial charge in [0.05, 0.1) is 19.8 Å². The van der Waals surface area contributed by atoms with Gasteiger partial charge in [0.1, 0.15) is 15.7 Å². The van der Waals surface area contributed by atoms with Gasteiger partial charge in [-0.1, -0.05) is 18.2 Å². The Morgan fingerprint density at radius 3 is 2.67 bits per heavy atom. The van der Waals surface area contributed by atoms with Gasteiger partial charge in [-0.2, -0.15) is 0 Å². The molecule has 0 amide bonds. The van der Waals surface area contributed by atoms with E-state index in [0.29, 0.717) is 17.7 Å². The highest BCUT2D eigenvalue weighted by atomic mass is 32.2. The average Bonchev–Trinajstić information content (AvgIpc) is 3.34. The number of aryl methyl sites for hydroxylation is 2. The van der Waals surface area contributed by atoms with Crippen molar-refractivity contribution in [2.24, 2.45) is 0 Å². The summed E-state index contributed by atoms with van der Waals surface area (Å²) >= 11 is 3.12. The second-order valence-corrected chi connectivity index (χ2v) is 9.28. The van der Waals surface area contributed by atoms with E-state index in [0.717, 1.165) is 52.9 Å². The fraction of sp³-hybridized carbons (Fsp3) is 0.333. The minimum atomic E-state index is 0.481. The average molecular weight is 440 g/mol. The van der Waals surface area contributed by atoms with Crippen LogP contribution in [0.15, 0.2) is 45.0 Å². The van der Waals surface area contributed by atoms with E-state index < -0.39 is 0 Å². The number of thiophene rings is 1. The van der Waals surface area contributed by atoms with Gasteiger partial charge in [-0.3, -0.25) is 4.90 Å². The highest BCUT2D eigenvalue weighted by molar-refractivity contribution is 7.99. The molecular formula is C21H21N5O2S2. The number of aromatic nitrogens is 4. The van der Waals surface area contributed by atoms with Crippen molar-refractivity contribution < 1.29 is 9.15 Å². The summed E-state index contributed by atoms with van der Waals surface area (Å²) in [6, 6.07) is 9.78. The number of nitrogens with zero attached hydrogens (tertiary/aromatic N) is 5. The number of ether oxygens (including phenoxy) is 1. The Labute approximate surface area is 182 Å².